The van der Waals surface area contributed by atoms with Crippen LogP contribution in [0.2, 0.25) is 0 Å². The van der Waals surface area contributed by atoms with Crippen LogP contribution in [0.5, 0.6) is 0 Å². The minimum absolute atomic E-state index is 0.182. The predicted molar refractivity (Wildman–Crippen MR) is 70.7 cm³/mol. The summed E-state index contributed by atoms with van der Waals surface area (Å²) in [4.78, 5) is 2.49. The second-order valence-corrected chi connectivity index (χ2v) is 5.44. The molecule has 2 nitrogen and oxygen atoms in total. The number of hydrogen-bond acceptors (Lipinski definition) is 3. The van der Waals surface area contributed by atoms with Crippen molar-refractivity contribution in [2.75, 3.05) is 13.1 Å². The van der Waals surface area contributed by atoms with Crippen molar-refractivity contribution < 1.29 is 0 Å². The summed E-state index contributed by atoms with van der Waals surface area (Å²) in [6, 6.07) is 2.75. The Morgan fingerprint density at radius 2 is 2.31 bits per heavy atom. The Kier molecular flexibility index (Phi) is 3.79. The summed E-state index contributed by atoms with van der Waals surface area (Å²) in [5.41, 5.74) is 9.01. The van der Waals surface area contributed by atoms with Gasteiger partial charge in [0.25, 0.3) is 0 Å². The molecular formula is C13H20N2S. The highest BCUT2D eigenvalue weighted by Crippen LogP contribution is 2.27. The van der Waals surface area contributed by atoms with Crippen molar-refractivity contribution in [3.63, 3.8) is 0 Å². The fourth-order valence-corrected chi connectivity index (χ4v) is 3.02. The quantitative estimate of drug-likeness (QED) is 0.818. The van der Waals surface area contributed by atoms with E-state index in [0.29, 0.717) is 6.04 Å². The third-order valence-corrected chi connectivity index (χ3v) is 3.95. The Bertz CT molecular complexity index is 354. The van der Waals surface area contributed by atoms with Crippen LogP contribution < -0.4 is 5.73 Å². The normalized spacial score (nSPS) is 21.6. The molecule has 1 aromatic heterocycles. The van der Waals surface area contributed by atoms with Gasteiger partial charge in [-0.25, -0.2) is 0 Å². The van der Waals surface area contributed by atoms with Gasteiger partial charge >= 0.3 is 0 Å². The SMILES string of the molecule is CC1=CCN(C(c2ccsc2)C(C)N)CC1. The zero-order valence-corrected chi connectivity index (χ0v) is 10.8. The molecule has 2 heterocycles. The number of nitrogens with two attached hydrogens (primary N) is 1. The number of thiophene rings is 1. The van der Waals surface area contributed by atoms with Gasteiger partial charge in [-0.05, 0) is 42.7 Å². The second-order valence-electron chi connectivity index (χ2n) is 4.66. The molecule has 0 saturated heterocycles. The van der Waals surface area contributed by atoms with Gasteiger partial charge in [-0.1, -0.05) is 11.6 Å². The van der Waals surface area contributed by atoms with E-state index < -0.39 is 0 Å². The van der Waals surface area contributed by atoms with Crippen LogP contribution in [0.3, 0.4) is 0 Å². The van der Waals surface area contributed by atoms with Crippen molar-refractivity contribution >= 4 is 11.3 Å². The van der Waals surface area contributed by atoms with E-state index in [9.17, 15) is 0 Å². The third kappa shape index (κ3) is 2.54. The van der Waals surface area contributed by atoms with Crippen LogP contribution in [0.15, 0.2) is 28.5 Å². The summed E-state index contributed by atoms with van der Waals surface area (Å²) < 4.78 is 0. The topological polar surface area (TPSA) is 29.3 Å². The molecule has 0 aliphatic carbocycles. The van der Waals surface area contributed by atoms with Crippen LogP contribution in [0.4, 0.5) is 0 Å². The molecule has 2 N–H and O–H groups in total. The van der Waals surface area contributed by atoms with E-state index in [4.69, 9.17) is 5.73 Å². The molecule has 0 radical (unpaired) electrons. The third-order valence-electron chi connectivity index (χ3n) is 3.24. The van der Waals surface area contributed by atoms with Gasteiger partial charge in [0.1, 0.15) is 0 Å². The molecule has 1 aliphatic rings. The molecule has 0 saturated carbocycles. The standard InChI is InChI=1S/C13H20N2S/c1-10-3-6-15(7-4-10)13(11(2)14)12-5-8-16-9-12/h3,5,8-9,11,13H,4,6-7,14H2,1-2H3. The molecule has 0 amide bonds. The molecular weight excluding hydrogens is 216 g/mol. The number of hydrogen-bond donors (Lipinski definition) is 1. The monoisotopic (exact) mass is 236 g/mol. The predicted octanol–water partition coefficient (Wildman–Crippen LogP) is 2.79. The lowest BCUT2D eigenvalue weighted by Crippen LogP contribution is -2.41. The van der Waals surface area contributed by atoms with Gasteiger partial charge in [-0.3, -0.25) is 4.90 Å². The minimum Gasteiger partial charge on any atom is -0.326 e. The van der Waals surface area contributed by atoms with Crippen molar-refractivity contribution in [3.8, 4) is 0 Å². The molecule has 16 heavy (non-hydrogen) atoms. The Morgan fingerprint density at radius 3 is 2.81 bits per heavy atom. The zero-order valence-electron chi connectivity index (χ0n) is 10.0. The first-order valence-electron chi connectivity index (χ1n) is 5.86. The maximum Gasteiger partial charge on any atom is 0.0508 e. The summed E-state index contributed by atoms with van der Waals surface area (Å²) in [5, 5.41) is 4.36. The van der Waals surface area contributed by atoms with Crippen LogP contribution in [0.1, 0.15) is 31.9 Å². The lowest BCUT2D eigenvalue weighted by atomic mass is 9.99. The molecule has 1 aliphatic heterocycles. The van der Waals surface area contributed by atoms with E-state index in [1.165, 1.54) is 17.6 Å². The fourth-order valence-electron chi connectivity index (χ4n) is 2.33. The van der Waals surface area contributed by atoms with Crippen molar-refractivity contribution in [3.05, 3.63) is 34.0 Å². The van der Waals surface area contributed by atoms with E-state index in [2.05, 4.69) is 41.6 Å². The van der Waals surface area contributed by atoms with Crippen LogP contribution in [-0.2, 0) is 0 Å². The van der Waals surface area contributed by atoms with Crippen LogP contribution >= 0.6 is 11.3 Å². The molecule has 0 spiro atoms. The Hall–Kier alpha value is -0.640. The van der Waals surface area contributed by atoms with Gasteiger partial charge < -0.3 is 5.73 Å². The Labute approximate surface area is 102 Å². The summed E-state index contributed by atoms with van der Waals surface area (Å²) >= 11 is 1.75. The summed E-state index contributed by atoms with van der Waals surface area (Å²) in [6.45, 7) is 6.48. The lowest BCUT2D eigenvalue weighted by Gasteiger charge is -2.35. The zero-order chi connectivity index (χ0) is 11.5. The smallest absolute Gasteiger partial charge is 0.0508 e. The highest BCUT2D eigenvalue weighted by Gasteiger charge is 2.24. The van der Waals surface area contributed by atoms with Gasteiger partial charge in [0, 0.05) is 19.1 Å². The van der Waals surface area contributed by atoms with Crippen molar-refractivity contribution in [2.24, 2.45) is 5.73 Å². The van der Waals surface area contributed by atoms with E-state index in [1.807, 2.05) is 0 Å². The molecule has 2 rings (SSSR count). The fraction of sp³-hybridized carbons (Fsp3) is 0.538. The Balaban J connectivity index is 2.15. The van der Waals surface area contributed by atoms with Gasteiger partial charge in [-0.15, -0.1) is 0 Å². The Morgan fingerprint density at radius 1 is 1.50 bits per heavy atom. The van der Waals surface area contributed by atoms with E-state index in [1.54, 1.807) is 11.3 Å². The largest absolute Gasteiger partial charge is 0.326 e. The highest BCUT2D eigenvalue weighted by atomic mass is 32.1. The van der Waals surface area contributed by atoms with Crippen LogP contribution in [0.25, 0.3) is 0 Å². The first kappa shape index (κ1) is 11.8. The van der Waals surface area contributed by atoms with Gasteiger partial charge in [-0.2, -0.15) is 11.3 Å². The molecule has 3 heteroatoms. The summed E-state index contributed by atoms with van der Waals surface area (Å²) in [6.07, 6.45) is 3.50. The summed E-state index contributed by atoms with van der Waals surface area (Å²) in [7, 11) is 0. The maximum atomic E-state index is 6.14. The van der Waals surface area contributed by atoms with Crippen molar-refractivity contribution in [1.82, 2.24) is 4.90 Å². The molecule has 1 aromatic rings. The molecule has 2 atom stereocenters. The van der Waals surface area contributed by atoms with E-state index >= 15 is 0 Å². The minimum atomic E-state index is 0.182. The van der Waals surface area contributed by atoms with Crippen LogP contribution in [0, 0.1) is 0 Å². The number of rotatable bonds is 3. The first-order chi connectivity index (χ1) is 7.68. The molecule has 2 unspecified atom stereocenters. The van der Waals surface area contributed by atoms with E-state index in [0.717, 1.165) is 13.1 Å². The molecule has 0 bridgehead atoms. The van der Waals surface area contributed by atoms with Crippen LogP contribution in [-0.4, -0.2) is 24.0 Å². The average Bonchev–Trinajstić information content (AvgIpc) is 2.74. The summed E-state index contributed by atoms with van der Waals surface area (Å²) in [5.74, 6) is 0. The molecule has 88 valence electrons. The molecule has 0 fully saturated rings. The maximum absolute atomic E-state index is 6.14. The lowest BCUT2D eigenvalue weighted by molar-refractivity contribution is 0.190. The molecule has 0 aromatic carbocycles. The van der Waals surface area contributed by atoms with Gasteiger partial charge in [0.2, 0.25) is 0 Å². The van der Waals surface area contributed by atoms with E-state index in [-0.39, 0.29) is 6.04 Å². The number of nitrogens with zero attached hydrogens (tertiary/aromatic N) is 1. The van der Waals surface area contributed by atoms with Crippen molar-refractivity contribution in [1.29, 1.82) is 0 Å². The van der Waals surface area contributed by atoms with Gasteiger partial charge in [0.05, 0.1) is 6.04 Å². The first-order valence-corrected chi connectivity index (χ1v) is 6.80. The highest BCUT2D eigenvalue weighted by molar-refractivity contribution is 7.07. The average molecular weight is 236 g/mol. The second kappa shape index (κ2) is 5.13. The van der Waals surface area contributed by atoms with Crippen molar-refractivity contribution in [2.45, 2.75) is 32.4 Å². The van der Waals surface area contributed by atoms with Gasteiger partial charge in [0.15, 0.2) is 0 Å².